The Labute approximate surface area is 139 Å². The zero-order chi connectivity index (χ0) is 18.0. The topological polar surface area (TPSA) is 71.5 Å². The summed E-state index contributed by atoms with van der Waals surface area (Å²) in [5.41, 5.74) is 0.767. The standard InChI is InChI=1S/C17H11F3N2O3/c18-17(19,20)25-14-7-3-5-10-13(8-9-21-15(10)14)22-12-6-2-1-4-11(12)16(23)24/h1-9H,(H,21,22)(H,23,24). The number of carboxylic acids is 1. The number of pyridine rings is 1. The van der Waals surface area contributed by atoms with E-state index in [1.54, 1.807) is 30.3 Å². The van der Waals surface area contributed by atoms with Crippen molar-refractivity contribution in [3.8, 4) is 5.75 Å². The quantitative estimate of drug-likeness (QED) is 0.722. The summed E-state index contributed by atoms with van der Waals surface area (Å²) in [5.74, 6) is -1.55. The molecule has 1 aromatic heterocycles. The Hall–Kier alpha value is -3.29. The molecule has 2 aromatic carbocycles. The Morgan fingerprint density at radius 1 is 1.04 bits per heavy atom. The molecular weight excluding hydrogens is 337 g/mol. The molecule has 0 saturated heterocycles. The number of fused-ring (bicyclic) bond motifs is 1. The fourth-order valence-corrected chi connectivity index (χ4v) is 2.39. The molecule has 0 bridgehead atoms. The van der Waals surface area contributed by atoms with Crippen molar-refractivity contribution < 1.29 is 27.8 Å². The molecular formula is C17H11F3N2O3. The molecule has 3 aromatic rings. The SMILES string of the molecule is O=C(O)c1ccccc1Nc1ccnc2c(OC(F)(F)F)cccc12. The van der Waals surface area contributed by atoms with Gasteiger partial charge in [0.1, 0.15) is 5.52 Å². The lowest BCUT2D eigenvalue weighted by Gasteiger charge is -2.14. The number of carbonyl (C=O) groups is 1. The minimum Gasteiger partial charge on any atom is -0.478 e. The molecule has 0 spiro atoms. The number of ether oxygens (including phenoxy) is 1. The van der Waals surface area contributed by atoms with Gasteiger partial charge in [-0.2, -0.15) is 0 Å². The van der Waals surface area contributed by atoms with Gasteiger partial charge < -0.3 is 15.2 Å². The average Bonchev–Trinajstić information content (AvgIpc) is 2.54. The highest BCUT2D eigenvalue weighted by molar-refractivity contribution is 5.99. The van der Waals surface area contributed by atoms with Crippen LogP contribution in [0.4, 0.5) is 24.5 Å². The van der Waals surface area contributed by atoms with E-state index in [-0.39, 0.29) is 11.1 Å². The summed E-state index contributed by atoms with van der Waals surface area (Å²) >= 11 is 0. The molecule has 3 rings (SSSR count). The average molecular weight is 348 g/mol. The van der Waals surface area contributed by atoms with Crippen LogP contribution in [-0.4, -0.2) is 22.4 Å². The molecule has 1 heterocycles. The van der Waals surface area contributed by atoms with Crippen molar-refractivity contribution in [3.63, 3.8) is 0 Å². The highest BCUT2D eigenvalue weighted by atomic mass is 19.4. The molecule has 0 radical (unpaired) electrons. The van der Waals surface area contributed by atoms with Crippen LogP contribution in [0, 0.1) is 0 Å². The Morgan fingerprint density at radius 3 is 2.52 bits per heavy atom. The van der Waals surface area contributed by atoms with E-state index in [9.17, 15) is 23.1 Å². The Morgan fingerprint density at radius 2 is 1.80 bits per heavy atom. The van der Waals surface area contributed by atoms with E-state index in [4.69, 9.17) is 0 Å². The summed E-state index contributed by atoms with van der Waals surface area (Å²) < 4.78 is 41.6. The van der Waals surface area contributed by atoms with Crippen LogP contribution in [0.25, 0.3) is 10.9 Å². The predicted molar refractivity (Wildman–Crippen MR) is 85.1 cm³/mol. The molecule has 8 heteroatoms. The molecule has 128 valence electrons. The number of carboxylic acid groups (broad SMARTS) is 1. The number of para-hydroxylation sites is 2. The summed E-state index contributed by atoms with van der Waals surface area (Å²) in [7, 11) is 0. The second kappa shape index (κ2) is 6.31. The lowest BCUT2D eigenvalue weighted by atomic mass is 10.1. The molecule has 0 fully saturated rings. The number of aromatic nitrogens is 1. The Bertz CT molecular complexity index is 942. The smallest absolute Gasteiger partial charge is 0.478 e. The molecule has 0 amide bonds. The summed E-state index contributed by atoms with van der Waals surface area (Å²) in [5, 5.41) is 12.5. The molecule has 0 atom stereocenters. The fourth-order valence-electron chi connectivity index (χ4n) is 2.39. The summed E-state index contributed by atoms with van der Waals surface area (Å²) in [6.45, 7) is 0. The van der Waals surface area contributed by atoms with Crippen LogP contribution in [0.3, 0.4) is 0 Å². The maximum Gasteiger partial charge on any atom is 0.573 e. The van der Waals surface area contributed by atoms with Crippen molar-refractivity contribution >= 4 is 28.2 Å². The molecule has 2 N–H and O–H groups in total. The number of nitrogens with one attached hydrogen (secondary N) is 1. The number of aromatic carboxylic acids is 1. The molecule has 0 saturated carbocycles. The van der Waals surface area contributed by atoms with Crippen molar-refractivity contribution in [1.82, 2.24) is 4.98 Å². The third-order valence-corrected chi connectivity index (χ3v) is 3.39. The van der Waals surface area contributed by atoms with Crippen molar-refractivity contribution in [1.29, 1.82) is 0 Å². The van der Waals surface area contributed by atoms with E-state index in [0.29, 0.717) is 16.8 Å². The lowest BCUT2D eigenvalue weighted by Crippen LogP contribution is -2.17. The number of hydrogen-bond acceptors (Lipinski definition) is 4. The summed E-state index contributed by atoms with van der Waals surface area (Å²) in [6.07, 6.45) is -3.52. The Kier molecular flexibility index (Phi) is 4.18. The van der Waals surface area contributed by atoms with Crippen molar-refractivity contribution in [2.45, 2.75) is 6.36 Å². The van der Waals surface area contributed by atoms with Gasteiger partial charge in [-0.1, -0.05) is 24.3 Å². The van der Waals surface area contributed by atoms with E-state index in [1.807, 2.05) is 0 Å². The van der Waals surface area contributed by atoms with Crippen LogP contribution in [0.1, 0.15) is 10.4 Å². The first-order valence-corrected chi connectivity index (χ1v) is 7.08. The zero-order valence-corrected chi connectivity index (χ0v) is 12.5. The van der Waals surface area contributed by atoms with Gasteiger partial charge in [0.05, 0.1) is 11.3 Å². The van der Waals surface area contributed by atoms with Crippen molar-refractivity contribution in [2.24, 2.45) is 0 Å². The van der Waals surface area contributed by atoms with E-state index >= 15 is 0 Å². The monoisotopic (exact) mass is 348 g/mol. The first-order chi connectivity index (χ1) is 11.8. The van der Waals surface area contributed by atoms with Gasteiger partial charge in [0.15, 0.2) is 5.75 Å². The maximum absolute atomic E-state index is 12.5. The highest BCUT2D eigenvalue weighted by Gasteiger charge is 2.32. The number of alkyl halides is 3. The van der Waals surface area contributed by atoms with Gasteiger partial charge in [0.25, 0.3) is 0 Å². The molecule has 0 aliphatic carbocycles. The summed E-state index contributed by atoms with van der Waals surface area (Å²) in [4.78, 5) is 15.2. The van der Waals surface area contributed by atoms with Gasteiger partial charge in [-0.3, -0.25) is 4.98 Å². The van der Waals surface area contributed by atoms with E-state index in [1.165, 1.54) is 18.3 Å². The first-order valence-electron chi connectivity index (χ1n) is 7.08. The second-order valence-electron chi connectivity index (χ2n) is 5.03. The van der Waals surface area contributed by atoms with Gasteiger partial charge in [-0.15, -0.1) is 13.2 Å². The largest absolute Gasteiger partial charge is 0.573 e. The van der Waals surface area contributed by atoms with Crippen LogP contribution in [-0.2, 0) is 0 Å². The molecule has 25 heavy (non-hydrogen) atoms. The first kappa shape index (κ1) is 16.6. The fraction of sp³-hybridized carbons (Fsp3) is 0.0588. The number of anilines is 2. The van der Waals surface area contributed by atoms with Gasteiger partial charge in [-0.25, -0.2) is 4.79 Å². The Balaban J connectivity index is 2.07. The number of benzene rings is 2. The van der Waals surface area contributed by atoms with Crippen LogP contribution in [0.15, 0.2) is 54.7 Å². The number of nitrogens with zero attached hydrogens (tertiary/aromatic N) is 1. The van der Waals surface area contributed by atoms with Crippen molar-refractivity contribution in [2.75, 3.05) is 5.32 Å². The van der Waals surface area contributed by atoms with Gasteiger partial charge in [-0.05, 0) is 24.3 Å². The maximum atomic E-state index is 12.5. The number of hydrogen-bond donors (Lipinski definition) is 2. The van der Waals surface area contributed by atoms with E-state index in [2.05, 4.69) is 15.0 Å². The molecule has 0 unspecified atom stereocenters. The molecule has 5 nitrogen and oxygen atoms in total. The van der Waals surface area contributed by atoms with Gasteiger partial charge in [0.2, 0.25) is 0 Å². The molecule has 0 aliphatic heterocycles. The van der Waals surface area contributed by atoms with E-state index < -0.39 is 18.1 Å². The summed E-state index contributed by atoms with van der Waals surface area (Å²) in [6, 6.07) is 11.9. The number of rotatable bonds is 4. The van der Waals surface area contributed by atoms with Gasteiger partial charge in [0, 0.05) is 17.3 Å². The zero-order valence-electron chi connectivity index (χ0n) is 12.5. The van der Waals surface area contributed by atoms with Gasteiger partial charge >= 0.3 is 12.3 Å². The minimum absolute atomic E-state index is 0.0117. The predicted octanol–water partition coefficient (Wildman–Crippen LogP) is 4.58. The second-order valence-corrected chi connectivity index (χ2v) is 5.03. The third kappa shape index (κ3) is 3.63. The third-order valence-electron chi connectivity index (χ3n) is 3.39. The minimum atomic E-state index is -4.84. The van der Waals surface area contributed by atoms with Crippen LogP contribution >= 0.6 is 0 Å². The number of halogens is 3. The van der Waals surface area contributed by atoms with Crippen molar-refractivity contribution in [3.05, 3.63) is 60.3 Å². The normalized spacial score (nSPS) is 11.3. The lowest BCUT2D eigenvalue weighted by molar-refractivity contribution is -0.274. The van der Waals surface area contributed by atoms with E-state index in [0.717, 1.165) is 6.07 Å². The van der Waals surface area contributed by atoms with Crippen LogP contribution in [0.5, 0.6) is 5.75 Å². The molecule has 0 aliphatic rings. The highest BCUT2D eigenvalue weighted by Crippen LogP contribution is 2.34. The van der Waals surface area contributed by atoms with Crippen LogP contribution in [0.2, 0.25) is 0 Å². The van der Waals surface area contributed by atoms with Crippen LogP contribution < -0.4 is 10.1 Å².